The van der Waals surface area contributed by atoms with Gasteiger partial charge in [-0.25, -0.2) is 5.43 Å². The van der Waals surface area contributed by atoms with Gasteiger partial charge in [-0.1, -0.05) is 23.8 Å². The van der Waals surface area contributed by atoms with Crippen LogP contribution in [-0.4, -0.2) is 23.4 Å². The van der Waals surface area contributed by atoms with E-state index in [2.05, 4.69) is 15.7 Å². The Balaban J connectivity index is 1.86. The second kappa shape index (κ2) is 9.68. The predicted octanol–water partition coefficient (Wildman–Crippen LogP) is 3.47. The second-order valence-electron chi connectivity index (χ2n) is 6.41. The van der Waals surface area contributed by atoms with E-state index < -0.39 is 29.5 Å². The summed E-state index contributed by atoms with van der Waals surface area (Å²) in [7, 11) is 0. The molecule has 0 aliphatic heterocycles. The van der Waals surface area contributed by atoms with Gasteiger partial charge < -0.3 is 10.6 Å². The summed E-state index contributed by atoms with van der Waals surface area (Å²) in [6.45, 7) is 3.29. The van der Waals surface area contributed by atoms with Crippen LogP contribution >= 0.6 is 0 Å². The number of nitrogens with zero attached hydrogens (tertiary/aromatic N) is 1. The van der Waals surface area contributed by atoms with Crippen LogP contribution in [0.2, 0.25) is 0 Å². The molecule has 0 spiro atoms. The number of benzene rings is 2. The molecular weight excluding hydrogens is 401 g/mol. The van der Waals surface area contributed by atoms with E-state index in [1.54, 1.807) is 24.3 Å². The zero-order chi connectivity index (χ0) is 22.3. The largest absolute Gasteiger partial charge is 0.416 e. The molecule has 0 aliphatic carbocycles. The fourth-order valence-corrected chi connectivity index (χ4v) is 2.27. The third-order valence-electron chi connectivity index (χ3n) is 3.75. The molecule has 7 nitrogen and oxygen atoms in total. The summed E-state index contributed by atoms with van der Waals surface area (Å²) >= 11 is 0. The van der Waals surface area contributed by atoms with Crippen LogP contribution in [0.5, 0.6) is 0 Å². The first-order chi connectivity index (χ1) is 14.0. The summed E-state index contributed by atoms with van der Waals surface area (Å²) in [6.07, 6.45) is -4.82. The molecule has 0 radical (unpaired) electrons. The van der Waals surface area contributed by atoms with Gasteiger partial charge in [0.2, 0.25) is 5.91 Å². The minimum Gasteiger partial charge on any atom is -0.326 e. The third-order valence-corrected chi connectivity index (χ3v) is 3.75. The van der Waals surface area contributed by atoms with Crippen molar-refractivity contribution in [2.24, 2.45) is 5.10 Å². The number of anilines is 2. The van der Waals surface area contributed by atoms with Crippen molar-refractivity contribution < 1.29 is 27.6 Å². The highest BCUT2D eigenvalue weighted by Crippen LogP contribution is 2.30. The number of hydrazone groups is 1. The standard InChI is InChI=1S/C20H19F3N4O3/c1-12-6-8-15(9-7-12)25-18(29)19(30)27-26-13(2)10-17(28)24-16-5-3-4-14(11-16)20(21,22)23/h3-9,11H,10H2,1-2H3,(H,24,28)(H,25,29)(H,27,30). The van der Waals surface area contributed by atoms with Crippen molar-refractivity contribution in [3.8, 4) is 0 Å². The lowest BCUT2D eigenvalue weighted by Gasteiger charge is -2.10. The Bertz CT molecular complexity index is 970. The minimum absolute atomic E-state index is 0.0239. The number of halogens is 3. The number of carbonyl (C=O) groups is 3. The topological polar surface area (TPSA) is 99.7 Å². The van der Waals surface area contributed by atoms with Crippen LogP contribution in [0.25, 0.3) is 0 Å². The van der Waals surface area contributed by atoms with E-state index >= 15 is 0 Å². The monoisotopic (exact) mass is 420 g/mol. The molecular formula is C20H19F3N4O3. The number of amides is 3. The number of aryl methyl sites for hydroxylation is 1. The highest BCUT2D eigenvalue weighted by Gasteiger charge is 2.30. The van der Waals surface area contributed by atoms with Crippen molar-refractivity contribution in [3.63, 3.8) is 0 Å². The molecule has 0 saturated carbocycles. The van der Waals surface area contributed by atoms with Gasteiger partial charge >= 0.3 is 18.0 Å². The number of alkyl halides is 3. The summed E-state index contributed by atoms with van der Waals surface area (Å²) < 4.78 is 38.1. The number of rotatable bonds is 5. The molecule has 0 heterocycles. The second-order valence-corrected chi connectivity index (χ2v) is 6.41. The molecule has 0 saturated heterocycles. The average molecular weight is 420 g/mol. The minimum atomic E-state index is -4.53. The molecule has 0 atom stereocenters. The molecule has 30 heavy (non-hydrogen) atoms. The van der Waals surface area contributed by atoms with Gasteiger partial charge in [-0.15, -0.1) is 0 Å². The van der Waals surface area contributed by atoms with Gasteiger partial charge in [-0.3, -0.25) is 14.4 Å². The molecule has 158 valence electrons. The molecule has 2 rings (SSSR count). The van der Waals surface area contributed by atoms with Crippen LogP contribution in [0.4, 0.5) is 24.5 Å². The highest BCUT2D eigenvalue weighted by atomic mass is 19.4. The number of hydrogen-bond acceptors (Lipinski definition) is 4. The Hall–Kier alpha value is -3.69. The van der Waals surface area contributed by atoms with Gasteiger partial charge in [0.05, 0.1) is 12.0 Å². The van der Waals surface area contributed by atoms with Gasteiger partial charge in [0, 0.05) is 17.1 Å². The van der Waals surface area contributed by atoms with Gasteiger partial charge in [0.25, 0.3) is 0 Å². The SMILES string of the molecule is CC(CC(=O)Nc1cccc(C(F)(F)F)c1)=NNC(=O)C(=O)Nc1ccc(C)cc1. The van der Waals surface area contributed by atoms with Gasteiger partial charge in [-0.2, -0.15) is 18.3 Å². The number of carbonyl (C=O) groups excluding carboxylic acids is 3. The first-order valence-electron chi connectivity index (χ1n) is 8.73. The normalized spacial score (nSPS) is 11.6. The van der Waals surface area contributed by atoms with Crippen LogP contribution in [0, 0.1) is 6.92 Å². The molecule has 0 fully saturated rings. The van der Waals surface area contributed by atoms with Crippen LogP contribution in [-0.2, 0) is 20.6 Å². The highest BCUT2D eigenvalue weighted by molar-refractivity contribution is 6.39. The van der Waals surface area contributed by atoms with Crippen molar-refractivity contribution in [1.29, 1.82) is 0 Å². The van der Waals surface area contributed by atoms with E-state index in [-0.39, 0.29) is 17.8 Å². The summed E-state index contributed by atoms with van der Waals surface area (Å²) in [4.78, 5) is 35.6. The lowest BCUT2D eigenvalue weighted by atomic mass is 10.2. The van der Waals surface area contributed by atoms with Gasteiger partial charge in [-0.05, 0) is 44.2 Å². The molecule has 3 amide bonds. The molecule has 3 N–H and O–H groups in total. The van der Waals surface area contributed by atoms with Crippen LogP contribution in [0.3, 0.4) is 0 Å². The van der Waals surface area contributed by atoms with E-state index in [0.29, 0.717) is 5.69 Å². The number of hydrogen-bond donors (Lipinski definition) is 3. The fourth-order valence-electron chi connectivity index (χ4n) is 2.27. The van der Waals surface area contributed by atoms with E-state index in [1.807, 2.05) is 12.3 Å². The predicted molar refractivity (Wildman–Crippen MR) is 106 cm³/mol. The van der Waals surface area contributed by atoms with Crippen molar-refractivity contribution in [1.82, 2.24) is 5.43 Å². The molecule has 10 heteroatoms. The molecule has 0 aromatic heterocycles. The van der Waals surface area contributed by atoms with E-state index in [9.17, 15) is 27.6 Å². The summed E-state index contributed by atoms with van der Waals surface area (Å²) in [6, 6.07) is 11.0. The van der Waals surface area contributed by atoms with Crippen LogP contribution in [0.15, 0.2) is 53.6 Å². The number of nitrogens with one attached hydrogen (secondary N) is 3. The van der Waals surface area contributed by atoms with Crippen molar-refractivity contribution in [2.45, 2.75) is 26.4 Å². The summed E-state index contributed by atoms with van der Waals surface area (Å²) in [5.41, 5.74) is 2.67. The van der Waals surface area contributed by atoms with Gasteiger partial charge in [0.15, 0.2) is 0 Å². The van der Waals surface area contributed by atoms with Crippen LogP contribution < -0.4 is 16.1 Å². The van der Waals surface area contributed by atoms with E-state index in [4.69, 9.17) is 0 Å². The van der Waals surface area contributed by atoms with E-state index in [0.717, 1.165) is 17.7 Å². The van der Waals surface area contributed by atoms with E-state index in [1.165, 1.54) is 19.1 Å². The zero-order valence-electron chi connectivity index (χ0n) is 16.1. The lowest BCUT2D eigenvalue weighted by molar-refractivity contribution is -0.137. The maximum Gasteiger partial charge on any atom is 0.416 e. The zero-order valence-corrected chi connectivity index (χ0v) is 16.1. The van der Waals surface area contributed by atoms with Crippen molar-refractivity contribution >= 4 is 34.8 Å². The maximum atomic E-state index is 12.7. The average Bonchev–Trinajstić information content (AvgIpc) is 2.67. The van der Waals surface area contributed by atoms with Crippen molar-refractivity contribution in [3.05, 3.63) is 59.7 Å². The van der Waals surface area contributed by atoms with Crippen LogP contribution in [0.1, 0.15) is 24.5 Å². The first kappa shape index (κ1) is 22.6. The molecule has 2 aromatic carbocycles. The molecule has 0 bridgehead atoms. The van der Waals surface area contributed by atoms with Gasteiger partial charge in [0.1, 0.15) is 0 Å². The lowest BCUT2D eigenvalue weighted by Crippen LogP contribution is -2.33. The fraction of sp³-hybridized carbons (Fsp3) is 0.200. The molecule has 2 aromatic rings. The Morgan fingerprint density at radius 3 is 2.23 bits per heavy atom. The first-order valence-corrected chi connectivity index (χ1v) is 8.73. The quantitative estimate of drug-likeness (QED) is 0.392. The Morgan fingerprint density at radius 1 is 0.933 bits per heavy atom. The summed E-state index contributed by atoms with van der Waals surface area (Å²) in [5, 5.41) is 8.37. The smallest absolute Gasteiger partial charge is 0.326 e. The van der Waals surface area contributed by atoms with Crippen molar-refractivity contribution in [2.75, 3.05) is 10.6 Å². The third kappa shape index (κ3) is 7.04. The Labute approximate surface area is 170 Å². The maximum absolute atomic E-state index is 12.7. The Morgan fingerprint density at radius 2 is 1.60 bits per heavy atom. The molecule has 0 aliphatic rings. The summed E-state index contributed by atoms with van der Waals surface area (Å²) in [5.74, 6) is -2.61. The Kier molecular flexibility index (Phi) is 7.29. The molecule has 0 unspecified atom stereocenters.